The van der Waals surface area contributed by atoms with Gasteiger partial charge in [0.25, 0.3) is 0 Å². The predicted octanol–water partition coefficient (Wildman–Crippen LogP) is 1.68. The molecule has 2 atom stereocenters. The van der Waals surface area contributed by atoms with Crippen LogP contribution in [0, 0.1) is 0 Å². The van der Waals surface area contributed by atoms with Crippen molar-refractivity contribution in [1.29, 1.82) is 0 Å². The molecule has 2 N–H and O–H groups in total. The Hall–Kier alpha value is -1.05. The summed E-state index contributed by atoms with van der Waals surface area (Å²) in [5.41, 5.74) is 1.03. The van der Waals surface area contributed by atoms with Crippen LogP contribution in [0.1, 0.15) is 22.1 Å². The standard InChI is InChI=1S/C13H17NO4S2/c1-18-5-2-9(13(16)17)14-12(15)11-8-3-6-19-10(8)4-7-20-11/h3,6,9,11H,2,4-5,7H2,1H3,(H,14,15)(H,16,17). The Bertz CT molecular complexity index is 488. The number of carbonyl (C=O) groups is 2. The lowest BCUT2D eigenvalue weighted by molar-refractivity contribution is -0.142. The average Bonchev–Trinajstić information content (AvgIpc) is 2.90. The molecule has 1 aromatic heterocycles. The van der Waals surface area contributed by atoms with E-state index in [-0.39, 0.29) is 17.6 Å². The molecule has 0 aromatic carbocycles. The first kappa shape index (κ1) is 15.3. The number of amides is 1. The number of carboxylic acids is 1. The quantitative estimate of drug-likeness (QED) is 0.835. The van der Waals surface area contributed by atoms with Crippen molar-refractivity contribution in [1.82, 2.24) is 5.32 Å². The van der Waals surface area contributed by atoms with E-state index in [1.807, 2.05) is 11.4 Å². The highest BCUT2D eigenvalue weighted by molar-refractivity contribution is 8.00. The van der Waals surface area contributed by atoms with Crippen LogP contribution < -0.4 is 5.32 Å². The van der Waals surface area contributed by atoms with Crippen LogP contribution in [0.3, 0.4) is 0 Å². The maximum Gasteiger partial charge on any atom is 0.326 e. The van der Waals surface area contributed by atoms with Crippen LogP contribution in [-0.2, 0) is 20.7 Å². The molecular formula is C13H17NO4S2. The molecule has 110 valence electrons. The Morgan fingerprint density at radius 3 is 3.10 bits per heavy atom. The van der Waals surface area contributed by atoms with Gasteiger partial charge in [0.05, 0.1) is 0 Å². The highest BCUT2D eigenvalue weighted by Crippen LogP contribution is 2.39. The number of aliphatic carboxylic acids is 1. The second-order valence-electron chi connectivity index (χ2n) is 4.48. The summed E-state index contributed by atoms with van der Waals surface area (Å²) in [5.74, 6) is -0.360. The van der Waals surface area contributed by atoms with Crippen LogP contribution >= 0.6 is 23.1 Å². The van der Waals surface area contributed by atoms with Crippen LogP contribution in [0.15, 0.2) is 11.4 Å². The molecule has 0 fully saturated rings. The maximum absolute atomic E-state index is 12.3. The van der Waals surface area contributed by atoms with Gasteiger partial charge in [-0.05, 0) is 29.2 Å². The first-order valence-corrected chi connectivity index (χ1v) is 8.26. The highest BCUT2D eigenvalue weighted by atomic mass is 32.2. The Morgan fingerprint density at radius 1 is 1.60 bits per heavy atom. The fraction of sp³-hybridized carbons (Fsp3) is 0.538. The zero-order chi connectivity index (χ0) is 14.5. The zero-order valence-electron chi connectivity index (χ0n) is 11.1. The SMILES string of the molecule is COCCC(NC(=O)C1SCCc2sccc21)C(=O)O. The normalized spacial score (nSPS) is 19.1. The molecule has 20 heavy (non-hydrogen) atoms. The van der Waals surface area contributed by atoms with Crippen molar-refractivity contribution in [3.05, 3.63) is 21.9 Å². The average molecular weight is 315 g/mol. The molecule has 1 aromatic rings. The molecule has 2 heterocycles. The third-order valence-corrected chi connectivity index (χ3v) is 5.38. The summed E-state index contributed by atoms with van der Waals surface area (Å²) in [5, 5.41) is 13.4. The fourth-order valence-corrected chi connectivity index (χ4v) is 4.41. The van der Waals surface area contributed by atoms with Gasteiger partial charge in [0.2, 0.25) is 5.91 Å². The lowest BCUT2D eigenvalue weighted by Gasteiger charge is -2.23. The molecule has 1 aliphatic heterocycles. The smallest absolute Gasteiger partial charge is 0.326 e. The van der Waals surface area contributed by atoms with Crippen molar-refractivity contribution >= 4 is 35.0 Å². The Morgan fingerprint density at radius 2 is 2.40 bits per heavy atom. The summed E-state index contributed by atoms with van der Waals surface area (Å²) in [4.78, 5) is 24.7. The van der Waals surface area contributed by atoms with Crippen molar-refractivity contribution < 1.29 is 19.4 Å². The summed E-state index contributed by atoms with van der Waals surface area (Å²) in [7, 11) is 1.51. The van der Waals surface area contributed by atoms with Gasteiger partial charge in [-0.1, -0.05) is 0 Å². The van der Waals surface area contributed by atoms with Crippen LogP contribution in [0.25, 0.3) is 0 Å². The zero-order valence-corrected chi connectivity index (χ0v) is 12.8. The molecule has 0 bridgehead atoms. The van der Waals surface area contributed by atoms with Crippen LogP contribution in [0.5, 0.6) is 0 Å². The highest BCUT2D eigenvalue weighted by Gasteiger charge is 2.30. The molecule has 0 aliphatic carbocycles. The largest absolute Gasteiger partial charge is 0.480 e. The minimum atomic E-state index is -1.03. The van der Waals surface area contributed by atoms with E-state index in [4.69, 9.17) is 9.84 Å². The number of aryl methyl sites for hydroxylation is 1. The molecular weight excluding hydrogens is 298 g/mol. The summed E-state index contributed by atoms with van der Waals surface area (Å²) >= 11 is 3.22. The first-order valence-electron chi connectivity index (χ1n) is 6.33. The van der Waals surface area contributed by atoms with Gasteiger partial charge >= 0.3 is 5.97 Å². The third kappa shape index (κ3) is 3.53. The predicted molar refractivity (Wildman–Crippen MR) is 79.3 cm³/mol. The van der Waals surface area contributed by atoms with Crippen molar-refractivity contribution in [3.8, 4) is 0 Å². The van der Waals surface area contributed by atoms with Crippen LogP contribution in [0.2, 0.25) is 0 Å². The van der Waals surface area contributed by atoms with Crippen molar-refractivity contribution in [2.75, 3.05) is 19.5 Å². The van der Waals surface area contributed by atoms with Crippen molar-refractivity contribution in [2.45, 2.75) is 24.1 Å². The van der Waals surface area contributed by atoms with Gasteiger partial charge in [0, 0.05) is 25.0 Å². The van der Waals surface area contributed by atoms with E-state index < -0.39 is 12.0 Å². The maximum atomic E-state index is 12.3. The van der Waals surface area contributed by atoms with Gasteiger partial charge in [-0.25, -0.2) is 4.79 Å². The molecule has 5 nitrogen and oxygen atoms in total. The van der Waals surface area contributed by atoms with Gasteiger partial charge < -0.3 is 15.2 Å². The summed E-state index contributed by atoms with van der Waals surface area (Å²) < 4.78 is 4.88. The molecule has 0 radical (unpaired) electrons. The van der Waals surface area contributed by atoms with Gasteiger partial charge in [-0.3, -0.25) is 4.79 Å². The molecule has 7 heteroatoms. The molecule has 0 saturated carbocycles. The van der Waals surface area contributed by atoms with Gasteiger partial charge in [0.1, 0.15) is 11.3 Å². The minimum absolute atomic E-state index is 0.224. The number of thiophene rings is 1. The third-order valence-electron chi connectivity index (χ3n) is 3.14. The number of ether oxygens (including phenoxy) is 1. The molecule has 2 unspecified atom stereocenters. The Kier molecular flexibility index (Phi) is 5.45. The summed E-state index contributed by atoms with van der Waals surface area (Å²) in [6.45, 7) is 0.304. The van der Waals surface area contributed by atoms with E-state index in [1.165, 1.54) is 12.0 Å². The summed E-state index contributed by atoms with van der Waals surface area (Å²) in [6.07, 6.45) is 1.25. The lowest BCUT2D eigenvalue weighted by atomic mass is 10.1. The first-order chi connectivity index (χ1) is 9.63. The van der Waals surface area contributed by atoms with E-state index >= 15 is 0 Å². The number of thioether (sulfide) groups is 1. The number of nitrogens with one attached hydrogen (secondary N) is 1. The number of fused-ring (bicyclic) bond motifs is 1. The number of hydrogen-bond acceptors (Lipinski definition) is 5. The number of hydrogen-bond donors (Lipinski definition) is 2. The topological polar surface area (TPSA) is 75.6 Å². The van der Waals surface area contributed by atoms with Gasteiger partial charge in [-0.15, -0.1) is 23.1 Å². The van der Waals surface area contributed by atoms with Crippen molar-refractivity contribution in [2.24, 2.45) is 0 Å². The van der Waals surface area contributed by atoms with Crippen LogP contribution in [0.4, 0.5) is 0 Å². The lowest BCUT2D eigenvalue weighted by Crippen LogP contribution is -2.43. The molecule has 2 rings (SSSR count). The molecule has 1 aliphatic rings. The Balaban J connectivity index is 2.03. The second-order valence-corrected chi connectivity index (χ2v) is 6.69. The summed E-state index contributed by atoms with van der Waals surface area (Å²) in [6, 6.07) is 1.06. The second kappa shape index (κ2) is 7.10. The number of carboxylic acid groups (broad SMARTS) is 1. The van der Waals surface area contributed by atoms with Gasteiger partial charge in [-0.2, -0.15) is 0 Å². The van der Waals surface area contributed by atoms with E-state index in [0.29, 0.717) is 6.61 Å². The van der Waals surface area contributed by atoms with E-state index in [0.717, 1.165) is 17.7 Å². The monoisotopic (exact) mass is 315 g/mol. The number of rotatable bonds is 6. The fourth-order valence-electron chi connectivity index (χ4n) is 2.10. The Labute approximate surface area is 125 Å². The van der Waals surface area contributed by atoms with E-state index in [2.05, 4.69) is 5.32 Å². The van der Waals surface area contributed by atoms with Crippen molar-refractivity contribution in [3.63, 3.8) is 0 Å². The molecule has 1 amide bonds. The minimum Gasteiger partial charge on any atom is -0.480 e. The molecule has 0 spiro atoms. The van der Waals surface area contributed by atoms with Crippen LogP contribution in [-0.4, -0.2) is 42.5 Å². The van der Waals surface area contributed by atoms with E-state index in [9.17, 15) is 9.59 Å². The molecule has 0 saturated heterocycles. The number of methoxy groups -OCH3 is 1. The van der Waals surface area contributed by atoms with Gasteiger partial charge in [0.15, 0.2) is 0 Å². The van der Waals surface area contributed by atoms with E-state index in [1.54, 1.807) is 23.1 Å². The number of carbonyl (C=O) groups excluding carboxylic acids is 1.